The molecule has 19 heavy (non-hydrogen) atoms. The summed E-state index contributed by atoms with van der Waals surface area (Å²) < 4.78 is 0. The highest BCUT2D eigenvalue weighted by Gasteiger charge is 2.25. The van der Waals surface area contributed by atoms with Gasteiger partial charge in [-0.15, -0.1) is 0 Å². The molecule has 0 bridgehead atoms. The zero-order valence-corrected chi connectivity index (χ0v) is 13.4. The minimum atomic E-state index is -0.616. The molecule has 0 amide bonds. The van der Waals surface area contributed by atoms with Gasteiger partial charge in [0.05, 0.1) is 5.60 Å². The molecule has 1 heterocycles. The molecular weight excluding hydrogens is 236 g/mol. The fraction of sp³-hybridized carbons (Fsp3) is 1.00. The van der Waals surface area contributed by atoms with Crippen LogP contribution in [0.15, 0.2) is 0 Å². The van der Waals surface area contributed by atoms with Crippen molar-refractivity contribution in [3.8, 4) is 0 Å². The Balaban J connectivity index is 2.35. The third-order valence-electron chi connectivity index (χ3n) is 4.09. The molecule has 0 saturated carbocycles. The summed E-state index contributed by atoms with van der Waals surface area (Å²) in [4.78, 5) is 2.46. The van der Waals surface area contributed by atoms with Crippen LogP contribution in [0.1, 0.15) is 59.8 Å². The predicted octanol–water partition coefficient (Wildman–Crippen LogP) is 2.64. The first kappa shape index (κ1) is 16.9. The molecule has 1 saturated heterocycles. The van der Waals surface area contributed by atoms with Crippen LogP contribution in [0.3, 0.4) is 0 Å². The van der Waals surface area contributed by atoms with Crippen molar-refractivity contribution in [2.24, 2.45) is 5.92 Å². The zero-order chi connectivity index (χ0) is 14.3. The lowest BCUT2D eigenvalue weighted by atomic mass is 9.96. The molecule has 0 spiro atoms. The van der Waals surface area contributed by atoms with E-state index in [9.17, 15) is 5.11 Å². The second kappa shape index (κ2) is 8.23. The standard InChI is InChI=1S/C16H34N2O/c1-5-7-15-8-6-10-18(11-9-15)13-16(4,19)12-17-14(2)3/h14-15,17,19H,5-13H2,1-4H3. The molecule has 0 radical (unpaired) electrons. The van der Waals surface area contributed by atoms with E-state index in [2.05, 4.69) is 31.0 Å². The lowest BCUT2D eigenvalue weighted by Gasteiger charge is -2.31. The Labute approximate surface area is 119 Å². The number of hydrogen-bond acceptors (Lipinski definition) is 3. The molecule has 1 fully saturated rings. The Bertz CT molecular complexity index is 241. The molecule has 2 N–H and O–H groups in total. The van der Waals surface area contributed by atoms with Gasteiger partial charge in [0.25, 0.3) is 0 Å². The van der Waals surface area contributed by atoms with Crippen molar-refractivity contribution in [3.05, 3.63) is 0 Å². The summed E-state index contributed by atoms with van der Waals surface area (Å²) in [6, 6.07) is 0.435. The summed E-state index contributed by atoms with van der Waals surface area (Å²) >= 11 is 0. The second-order valence-corrected chi connectivity index (χ2v) is 6.89. The van der Waals surface area contributed by atoms with E-state index >= 15 is 0 Å². The van der Waals surface area contributed by atoms with Gasteiger partial charge in [0.15, 0.2) is 0 Å². The van der Waals surface area contributed by atoms with Crippen molar-refractivity contribution in [1.29, 1.82) is 0 Å². The molecule has 2 unspecified atom stereocenters. The van der Waals surface area contributed by atoms with Gasteiger partial charge in [-0.05, 0) is 45.2 Å². The van der Waals surface area contributed by atoms with Crippen molar-refractivity contribution in [2.45, 2.75) is 71.4 Å². The zero-order valence-electron chi connectivity index (χ0n) is 13.4. The Morgan fingerprint density at radius 1 is 1.32 bits per heavy atom. The fourth-order valence-corrected chi connectivity index (χ4v) is 3.04. The molecule has 3 heteroatoms. The monoisotopic (exact) mass is 270 g/mol. The Hall–Kier alpha value is -0.120. The Morgan fingerprint density at radius 2 is 2.05 bits per heavy atom. The van der Waals surface area contributed by atoms with Gasteiger partial charge in [-0.3, -0.25) is 0 Å². The van der Waals surface area contributed by atoms with Crippen LogP contribution in [0.2, 0.25) is 0 Å². The number of likely N-dealkylation sites (tertiary alicyclic amines) is 1. The third-order valence-corrected chi connectivity index (χ3v) is 4.09. The van der Waals surface area contributed by atoms with Crippen molar-refractivity contribution >= 4 is 0 Å². The number of hydrogen-bond donors (Lipinski definition) is 2. The summed E-state index contributed by atoms with van der Waals surface area (Å²) in [7, 11) is 0. The van der Waals surface area contributed by atoms with Crippen molar-refractivity contribution in [3.63, 3.8) is 0 Å². The van der Waals surface area contributed by atoms with Crippen molar-refractivity contribution < 1.29 is 5.11 Å². The number of β-amino-alcohol motifs (C(OH)–C–C–N with tert-alkyl or cyclic N) is 1. The molecule has 0 aliphatic carbocycles. The van der Waals surface area contributed by atoms with Crippen LogP contribution in [0, 0.1) is 5.92 Å². The molecular formula is C16H34N2O. The molecule has 1 rings (SSSR count). The van der Waals surface area contributed by atoms with Gasteiger partial charge in [-0.1, -0.05) is 33.6 Å². The second-order valence-electron chi connectivity index (χ2n) is 6.89. The van der Waals surface area contributed by atoms with Gasteiger partial charge in [-0.2, -0.15) is 0 Å². The van der Waals surface area contributed by atoms with Crippen LogP contribution < -0.4 is 5.32 Å². The number of aliphatic hydroxyl groups is 1. The highest BCUT2D eigenvalue weighted by Crippen LogP contribution is 2.22. The highest BCUT2D eigenvalue weighted by atomic mass is 16.3. The molecule has 0 aromatic carbocycles. The van der Waals surface area contributed by atoms with Gasteiger partial charge < -0.3 is 15.3 Å². The molecule has 1 aliphatic heterocycles. The maximum Gasteiger partial charge on any atom is 0.0869 e. The van der Waals surface area contributed by atoms with Crippen LogP contribution >= 0.6 is 0 Å². The topological polar surface area (TPSA) is 35.5 Å². The molecule has 114 valence electrons. The Kier molecular flexibility index (Phi) is 7.33. The van der Waals surface area contributed by atoms with E-state index in [4.69, 9.17) is 0 Å². The molecule has 1 aliphatic rings. The van der Waals surface area contributed by atoms with Crippen LogP contribution in [-0.4, -0.2) is 47.8 Å². The van der Waals surface area contributed by atoms with Gasteiger partial charge in [0.2, 0.25) is 0 Å². The van der Waals surface area contributed by atoms with E-state index in [1.807, 2.05) is 6.92 Å². The fourth-order valence-electron chi connectivity index (χ4n) is 3.04. The van der Waals surface area contributed by atoms with E-state index in [1.165, 1.54) is 32.1 Å². The summed E-state index contributed by atoms with van der Waals surface area (Å²) in [5.41, 5.74) is -0.616. The maximum atomic E-state index is 10.5. The van der Waals surface area contributed by atoms with E-state index in [1.54, 1.807) is 0 Å². The molecule has 0 aromatic rings. The van der Waals surface area contributed by atoms with Crippen LogP contribution in [0.25, 0.3) is 0 Å². The number of rotatable bonds is 7. The van der Waals surface area contributed by atoms with Crippen molar-refractivity contribution in [1.82, 2.24) is 10.2 Å². The van der Waals surface area contributed by atoms with E-state index in [0.717, 1.165) is 25.6 Å². The van der Waals surface area contributed by atoms with Gasteiger partial charge in [-0.25, -0.2) is 0 Å². The van der Waals surface area contributed by atoms with E-state index < -0.39 is 5.60 Å². The first-order valence-corrected chi connectivity index (χ1v) is 8.11. The minimum absolute atomic E-state index is 0.435. The SMILES string of the molecule is CCCC1CCCN(CC(C)(O)CNC(C)C)CC1. The van der Waals surface area contributed by atoms with Crippen LogP contribution in [0.4, 0.5) is 0 Å². The molecule has 3 nitrogen and oxygen atoms in total. The summed E-state index contributed by atoms with van der Waals surface area (Å²) in [6.45, 7) is 12.3. The average Bonchev–Trinajstić information content (AvgIpc) is 2.53. The maximum absolute atomic E-state index is 10.5. The summed E-state index contributed by atoms with van der Waals surface area (Å²) in [6.07, 6.45) is 6.65. The van der Waals surface area contributed by atoms with Crippen molar-refractivity contribution in [2.75, 3.05) is 26.2 Å². The van der Waals surface area contributed by atoms with Gasteiger partial charge in [0, 0.05) is 19.1 Å². The quantitative estimate of drug-likeness (QED) is 0.746. The number of nitrogens with zero attached hydrogens (tertiary/aromatic N) is 1. The van der Waals surface area contributed by atoms with Gasteiger partial charge in [0.1, 0.15) is 0 Å². The van der Waals surface area contributed by atoms with E-state index in [-0.39, 0.29) is 0 Å². The first-order chi connectivity index (χ1) is 8.93. The number of nitrogens with one attached hydrogen (secondary N) is 1. The lowest BCUT2D eigenvalue weighted by Crippen LogP contribution is -2.49. The molecule has 2 atom stereocenters. The highest BCUT2D eigenvalue weighted by molar-refractivity contribution is 4.82. The van der Waals surface area contributed by atoms with Crippen LogP contribution in [0.5, 0.6) is 0 Å². The first-order valence-electron chi connectivity index (χ1n) is 8.11. The average molecular weight is 270 g/mol. The smallest absolute Gasteiger partial charge is 0.0869 e. The minimum Gasteiger partial charge on any atom is -0.388 e. The largest absolute Gasteiger partial charge is 0.388 e. The Morgan fingerprint density at radius 3 is 2.68 bits per heavy atom. The van der Waals surface area contributed by atoms with E-state index in [0.29, 0.717) is 12.6 Å². The van der Waals surface area contributed by atoms with Crippen LogP contribution in [-0.2, 0) is 0 Å². The lowest BCUT2D eigenvalue weighted by molar-refractivity contribution is 0.0193. The molecule has 0 aromatic heterocycles. The summed E-state index contributed by atoms with van der Waals surface area (Å²) in [5.74, 6) is 0.911. The summed E-state index contributed by atoms with van der Waals surface area (Å²) in [5, 5.41) is 13.8. The normalized spacial score (nSPS) is 25.3. The van der Waals surface area contributed by atoms with Gasteiger partial charge >= 0.3 is 0 Å². The third kappa shape index (κ3) is 7.28. The predicted molar refractivity (Wildman–Crippen MR) is 82.5 cm³/mol.